The normalized spacial score (nSPS) is 10.9. The third-order valence-electron chi connectivity index (χ3n) is 1.66. The molecule has 70 valence electrons. The molecular formula is C10H8N2S2. The summed E-state index contributed by atoms with van der Waals surface area (Å²) in [6.07, 6.45) is 3.86. The van der Waals surface area contributed by atoms with Crippen LogP contribution in [0, 0.1) is 0 Å². The van der Waals surface area contributed by atoms with Gasteiger partial charge in [-0.15, -0.1) is 12.6 Å². The number of hydrogen-bond acceptors (Lipinski definition) is 4. The zero-order valence-electron chi connectivity index (χ0n) is 7.29. The fourth-order valence-corrected chi connectivity index (χ4v) is 1.67. The maximum atomic E-state index is 4.11. The molecule has 0 aliphatic carbocycles. The fourth-order valence-electron chi connectivity index (χ4n) is 1.03. The number of thiol groups is 1. The van der Waals surface area contributed by atoms with Crippen LogP contribution in [0.2, 0.25) is 0 Å². The molecule has 0 aliphatic heterocycles. The molecule has 0 saturated heterocycles. The predicted octanol–water partition coefficient (Wildman–Crippen LogP) is 3.00. The molecule has 1 aromatic carbocycles. The van der Waals surface area contributed by atoms with Gasteiger partial charge in [0.05, 0.1) is 0 Å². The zero-order chi connectivity index (χ0) is 9.80. The van der Waals surface area contributed by atoms with E-state index in [2.05, 4.69) is 22.0 Å². The van der Waals surface area contributed by atoms with Crippen molar-refractivity contribution < 1.29 is 0 Å². The van der Waals surface area contributed by atoms with E-state index in [0.29, 0.717) is 10.2 Å². The fraction of sp³-hybridized carbons (Fsp3) is 0. The number of hydrogen-bond donors (Lipinski definition) is 1. The molecule has 1 heterocycles. The third kappa shape index (κ3) is 2.43. The Kier molecular flexibility index (Phi) is 2.96. The Labute approximate surface area is 91.9 Å². The van der Waals surface area contributed by atoms with E-state index in [9.17, 15) is 0 Å². The summed E-state index contributed by atoms with van der Waals surface area (Å²) in [6, 6.07) is 10.1. The molecule has 0 radical (unpaired) electrons. The first-order chi connectivity index (χ1) is 6.84. The van der Waals surface area contributed by atoms with Gasteiger partial charge in [-0.05, 0) is 23.2 Å². The first kappa shape index (κ1) is 9.43. The van der Waals surface area contributed by atoms with Crippen LogP contribution in [0.25, 0.3) is 12.2 Å². The second-order valence-corrected chi connectivity index (χ2v) is 4.16. The van der Waals surface area contributed by atoms with Crippen LogP contribution in [0.15, 0.2) is 34.7 Å². The molecule has 0 spiro atoms. The number of rotatable bonds is 2. The SMILES string of the molecule is Sc1nc(C=Cc2ccccc2)ns1. The van der Waals surface area contributed by atoms with Crippen LogP contribution in [0.1, 0.15) is 11.4 Å². The summed E-state index contributed by atoms with van der Waals surface area (Å²) in [7, 11) is 0. The van der Waals surface area contributed by atoms with Crippen LogP contribution in [0.4, 0.5) is 0 Å². The van der Waals surface area contributed by atoms with E-state index in [1.54, 1.807) is 0 Å². The Morgan fingerprint density at radius 3 is 2.57 bits per heavy atom. The molecule has 1 aromatic heterocycles. The lowest BCUT2D eigenvalue weighted by molar-refractivity contribution is 1.19. The minimum Gasteiger partial charge on any atom is -0.209 e. The average molecular weight is 220 g/mol. The van der Waals surface area contributed by atoms with Crippen LogP contribution in [0.3, 0.4) is 0 Å². The topological polar surface area (TPSA) is 25.8 Å². The Bertz CT molecular complexity index is 434. The lowest BCUT2D eigenvalue weighted by Gasteiger charge is -1.88. The van der Waals surface area contributed by atoms with Crippen molar-refractivity contribution in [1.29, 1.82) is 0 Å². The molecular weight excluding hydrogens is 212 g/mol. The van der Waals surface area contributed by atoms with E-state index in [4.69, 9.17) is 0 Å². The summed E-state index contributed by atoms with van der Waals surface area (Å²) in [4.78, 5) is 4.11. The van der Waals surface area contributed by atoms with Crippen molar-refractivity contribution in [3.05, 3.63) is 41.7 Å². The highest BCUT2D eigenvalue weighted by Crippen LogP contribution is 2.11. The highest BCUT2D eigenvalue weighted by atomic mass is 32.2. The first-order valence-electron chi connectivity index (χ1n) is 4.10. The van der Waals surface area contributed by atoms with Crippen molar-refractivity contribution in [2.45, 2.75) is 4.34 Å². The number of nitrogens with zero attached hydrogens (tertiary/aromatic N) is 2. The maximum Gasteiger partial charge on any atom is 0.167 e. The molecule has 0 fully saturated rings. The first-order valence-corrected chi connectivity index (χ1v) is 5.32. The van der Waals surface area contributed by atoms with Crippen molar-refractivity contribution in [1.82, 2.24) is 9.36 Å². The smallest absolute Gasteiger partial charge is 0.167 e. The number of benzene rings is 1. The van der Waals surface area contributed by atoms with Crippen molar-refractivity contribution in [3.8, 4) is 0 Å². The van der Waals surface area contributed by atoms with Gasteiger partial charge in [0.15, 0.2) is 10.2 Å². The molecule has 2 rings (SSSR count). The van der Waals surface area contributed by atoms with Crippen molar-refractivity contribution >= 4 is 36.3 Å². The van der Waals surface area contributed by atoms with Gasteiger partial charge in [0, 0.05) is 0 Å². The van der Waals surface area contributed by atoms with Crippen LogP contribution < -0.4 is 0 Å². The Morgan fingerprint density at radius 2 is 1.93 bits per heavy atom. The quantitative estimate of drug-likeness (QED) is 0.787. The molecule has 0 aliphatic rings. The molecule has 2 aromatic rings. The third-order valence-corrected chi connectivity index (χ3v) is 2.53. The number of aromatic nitrogens is 2. The van der Waals surface area contributed by atoms with E-state index in [1.165, 1.54) is 11.5 Å². The van der Waals surface area contributed by atoms with Crippen LogP contribution in [-0.2, 0) is 0 Å². The summed E-state index contributed by atoms with van der Waals surface area (Å²) >= 11 is 5.39. The van der Waals surface area contributed by atoms with Crippen molar-refractivity contribution in [2.24, 2.45) is 0 Å². The molecule has 0 bridgehead atoms. The Balaban J connectivity index is 2.15. The second kappa shape index (κ2) is 4.39. The molecule has 0 atom stereocenters. The van der Waals surface area contributed by atoms with Gasteiger partial charge < -0.3 is 0 Å². The lowest BCUT2D eigenvalue weighted by atomic mass is 10.2. The molecule has 2 nitrogen and oxygen atoms in total. The van der Waals surface area contributed by atoms with Crippen molar-refractivity contribution in [2.75, 3.05) is 0 Å². The zero-order valence-corrected chi connectivity index (χ0v) is 9.00. The average Bonchev–Trinajstić information content (AvgIpc) is 2.63. The summed E-state index contributed by atoms with van der Waals surface area (Å²) in [5.41, 5.74) is 1.14. The van der Waals surface area contributed by atoms with Gasteiger partial charge in [-0.25, -0.2) is 4.98 Å². The Hall–Kier alpha value is -1.13. The molecule has 4 heteroatoms. The Morgan fingerprint density at radius 1 is 1.14 bits per heavy atom. The molecule has 0 saturated carbocycles. The van der Waals surface area contributed by atoms with Crippen LogP contribution in [0.5, 0.6) is 0 Å². The van der Waals surface area contributed by atoms with Gasteiger partial charge in [0.2, 0.25) is 0 Å². The minimum absolute atomic E-state index is 0.692. The highest BCUT2D eigenvalue weighted by molar-refractivity contribution is 7.82. The molecule has 0 N–H and O–H groups in total. The summed E-state index contributed by atoms with van der Waals surface area (Å²) in [6.45, 7) is 0. The van der Waals surface area contributed by atoms with E-state index >= 15 is 0 Å². The highest BCUT2D eigenvalue weighted by Gasteiger charge is 1.94. The van der Waals surface area contributed by atoms with E-state index in [0.717, 1.165) is 5.56 Å². The van der Waals surface area contributed by atoms with Gasteiger partial charge in [-0.1, -0.05) is 36.4 Å². The van der Waals surface area contributed by atoms with Crippen molar-refractivity contribution in [3.63, 3.8) is 0 Å². The van der Waals surface area contributed by atoms with E-state index in [-0.39, 0.29) is 0 Å². The van der Waals surface area contributed by atoms with Gasteiger partial charge >= 0.3 is 0 Å². The van der Waals surface area contributed by atoms with Gasteiger partial charge in [-0.3, -0.25) is 0 Å². The molecule has 0 unspecified atom stereocenters. The summed E-state index contributed by atoms with van der Waals surface area (Å²) in [5, 5.41) is 0. The summed E-state index contributed by atoms with van der Waals surface area (Å²) < 4.78 is 4.79. The molecule has 0 amide bonds. The van der Waals surface area contributed by atoms with Crippen LogP contribution >= 0.6 is 24.2 Å². The van der Waals surface area contributed by atoms with Gasteiger partial charge in [0.25, 0.3) is 0 Å². The second-order valence-electron chi connectivity index (χ2n) is 2.68. The monoisotopic (exact) mass is 220 g/mol. The van der Waals surface area contributed by atoms with E-state index in [1.807, 2.05) is 42.5 Å². The van der Waals surface area contributed by atoms with E-state index < -0.39 is 0 Å². The summed E-state index contributed by atoms with van der Waals surface area (Å²) in [5.74, 6) is 0.712. The molecule has 14 heavy (non-hydrogen) atoms. The lowest BCUT2D eigenvalue weighted by Crippen LogP contribution is -1.74. The largest absolute Gasteiger partial charge is 0.209 e. The maximum absolute atomic E-state index is 4.11. The van der Waals surface area contributed by atoms with Crippen LogP contribution in [-0.4, -0.2) is 9.36 Å². The van der Waals surface area contributed by atoms with Gasteiger partial charge in [0.1, 0.15) is 0 Å². The predicted molar refractivity (Wildman–Crippen MR) is 62.5 cm³/mol. The van der Waals surface area contributed by atoms with Gasteiger partial charge in [-0.2, -0.15) is 4.37 Å². The standard InChI is InChI=1S/C10H8N2S2/c13-10-11-9(12-14-10)7-6-8-4-2-1-3-5-8/h1-7H,(H,11,12,13). The minimum atomic E-state index is 0.692.